The molecule has 0 amide bonds. The van der Waals surface area contributed by atoms with Gasteiger partial charge in [-0.3, -0.25) is 19.9 Å². The van der Waals surface area contributed by atoms with E-state index in [-0.39, 0.29) is 42.7 Å². The van der Waals surface area contributed by atoms with Crippen LogP contribution >= 0.6 is 11.8 Å². The SMILES string of the molecule is COc1cc2c(cc1O)CCN[C@]21CS[C@@H]2c3c(OC(C)=O)c(C)c4c(c3[C@H](COC1=O)N1C2[C@H]2c3c(cc(C)c(OC)c3OC)C[C@@H]([C@@H]1C#N)N2C)OCO4. The number of hydrogen-bond acceptors (Lipinski definition) is 15. The van der Waals surface area contributed by atoms with Crippen molar-refractivity contribution in [1.82, 2.24) is 15.1 Å². The van der Waals surface area contributed by atoms with Gasteiger partial charge in [-0.05, 0) is 68.1 Å². The Bertz CT molecular complexity index is 2240. The van der Waals surface area contributed by atoms with Crippen LogP contribution in [0.5, 0.6) is 40.2 Å². The monoisotopic (exact) mass is 784 g/mol. The lowest BCUT2D eigenvalue weighted by Gasteiger charge is -2.62. The van der Waals surface area contributed by atoms with Gasteiger partial charge in [0.2, 0.25) is 6.79 Å². The zero-order chi connectivity index (χ0) is 39.4. The molecule has 3 aromatic rings. The largest absolute Gasteiger partial charge is 0.504 e. The van der Waals surface area contributed by atoms with Gasteiger partial charge in [0.15, 0.2) is 40.0 Å². The van der Waals surface area contributed by atoms with Crippen molar-refractivity contribution in [3.05, 3.63) is 62.7 Å². The molecule has 14 nitrogen and oxygen atoms in total. The van der Waals surface area contributed by atoms with Gasteiger partial charge in [0.1, 0.15) is 18.4 Å². The summed E-state index contributed by atoms with van der Waals surface area (Å²) in [4.78, 5) is 32.3. The lowest BCUT2D eigenvalue weighted by Crippen LogP contribution is -2.69. The number of benzene rings is 3. The Kier molecular flexibility index (Phi) is 8.77. The molecule has 7 atom stereocenters. The molecule has 0 aromatic heterocycles. The van der Waals surface area contributed by atoms with Crippen LogP contribution in [-0.4, -0.2) is 99.0 Å². The number of aryl methyl sites for hydroxylation is 1. The summed E-state index contributed by atoms with van der Waals surface area (Å²) in [5, 5.41) is 25.0. The van der Waals surface area contributed by atoms with Gasteiger partial charge in [0, 0.05) is 53.6 Å². The summed E-state index contributed by atoms with van der Waals surface area (Å²) in [5.41, 5.74) is 5.13. The highest BCUT2D eigenvalue weighted by atomic mass is 32.2. The van der Waals surface area contributed by atoms with E-state index in [0.717, 1.165) is 27.8 Å². The number of hydrogen-bond donors (Lipinski definition) is 2. The fraction of sp³-hybridized carbons (Fsp3) is 0.488. The molecule has 294 valence electrons. The Balaban J connectivity index is 1.34. The van der Waals surface area contributed by atoms with Gasteiger partial charge in [0.25, 0.3) is 0 Å². The predicted octanol–water partition coefficient (Wildman–Crippen LogP) is 4.29. The lowest BCUT2D eigenvalue weighted by molar-refractivity contribution is -0.157. The number of methoxy groups -OCH3 is 3. The van der Waals surface area contributed by atoms with Gasteiger partial charge in [-0.15, -0.1) is 11.8 Å². The van der Waals surface area contributed by atoms with Crippen molar-refractivity contribution >= 4 is 23.7 Å². The van der Waals surface area contributed by atoms with Crippen LogP contribution < -0.4 is 33.7 Å². The number of carbonyl (C=O) groups is 2. The number of thioether (sulfide) groups is 1. The molecule has 7 aliphatic heterocycles. The van der Waals surface area contributed by atoms with Gasteiger partial charge in [0.05, 0.1) is 44.7 Å². The minimum absolute atomic E-state index is 0.0108. The fourth-order valence-electron chi connectivity index (χ4n) is 10.4. The number of fused-ring (bicyclic) bond motifs is 9. The van der Waals surface area contributed by atoms with E-state index in [4.69, 9.17) is 33.2 Å². The minimum Gasteiger partial charge on any atom is -0.504 e. The first-order valence-electron chi connectivity index (χ1n) is 18.7. The highest BCUT2D eigenvalue weighted by Gasteiger charge is 2.62. The predicted molar refractivity (Wildman–Crippen MR) is 203 cm³/mol. The number of piperazine rings is 1. The van der Waals surface area contributed by atoms with E-state index in [1.54, 1.807) is 26.4 Å². The van der Waals surface area contributed by atoms with E-state index in [2.05, 4.69) is 34.3 Å². The molecule has 0 aliphatic carbocycles. The first kappa shape index (κ1) is 36.7. The third-order valence-corrected chi connectivity index (χ3v) is 14.1. The summed E-state index contributed by atoms with van der Waals surface area (Å²) < 4.78 is 42.7. The molecule has 2 N–H and O–H groups in total. The minimum atomic E-state index is -1.34. The Hall–Kier alpha value is -4.88. The zero-order valence-electron chi connectivity index (χ0n) is 32.3. The summed E-state index contributed by atoms with van der Waals surface area (Å²) in [6.45, 7) is 5.49. The second-order valence-electron chi connectivity index (χ2n) is 15.3. The van der Waals surface area contributed by atoms with Crippen LogP contribution in [0.1, 0.15) is 68.8 Å². The lowest BCUT2D eigenvalue weighted by atomic mass is 9.71. The van der Waals surface area contributed by atoms with Crippen LogP contribution in [-0.2, 0) is 32.7 Å². The molecule has 10 rings (SSSR count). The Morgan fingerprint density at radius 3 is 2.50 bits per heavy atom. The number of phenolic OH excluding ortho intramolecular Hbond substituents is 1. The maximum atomic E-state index is 14.8. The summed E-state index contributed by atoms with van der Waals surface area (Å²) in [5.74, 6) is 2.01. The molecule has 3 aromatic carbocycles. The van der Waals surface area contributed by atoms with Crippen molar-refractivity contribution in [3.63, 3.8) is 0 Å². The van der Waals surface area contributed by atoms with Gasteiger partial charge >= 0.3 is 11.9 Å². The molecule has 2 fully saturated rings. The van der Waals surface area contributed by atoms with Gasteiger partial charge < -0.3 is 38.3 Å². The molecule has 56 heavy (non-hydrogen) atoms. The van der Waals surface area contributed by atoms with E-state index in [0.29, 0.717) is 64.8 Å². The summed E-state index contributed by atoms with van der Waals surface area (Å²) >= 11 is 1.53. The van der Waals surface area contributed by atoms with E-state index >= 15 is 0 Å². The van der Waals surface area contributed by atoms with Crippen molar-refractivity contribution in [1.29, 1.82) is 5.26 Å². The number of rotatable bonds is 4. The number of likely N-dealkylation sites (N-methyl/N-ethyl adjacent to an activating group) is 1. The van der Waals surface area contributed by atoms with E-state index in [9.17, 15) is 20.0 Å². The standard InChI is InChI=1S/C41H44N4O10S/c1-18-10-22-11-24-25(14-42)45-26-15-52-40(48)41(23-13-28(49-5)27(47)12-21(23)8-9-43-41)16-56-39(33(45)32(44(24)4)29(22)37(51-7)34(18)50-6)31-30(26)38-36(53-17-54-38)19(2)35(31)55-20(3)46/h10,12-13,24-26,32-33,39,43,47H,8-9,11,15-17H2,1-7H3/t24-,25-,26-,32+,33?,39+,41+/m0/s1. The fourth-order valence-corrected chi connectivity index (χ4v) is 12.1. The van der Waals surface area contributed by atoms with Gasteiger partial charge in [-0.2, -0.15) is 5.26 Å². The van der Waals surface area contributed by atoms with Crippen LogP contribution in [0.25, 0.3) is 0 Å². The number of aromatic hydroxyl groups is 1. The highest BCUT2D eigenvalue weighted by molar-refractivity contribution is 7.99. The average molecular weight is 785 g/mol. The van der Waals surface area contributed by atoms with Crippen molar-refractivity contribution in [2.24, 2.45) is 0 Å². The maximum Gasteiger partial charge on any atom is 0.331 e. The van der Waals surface area contributed by atoms with Gasteiger partial charge in [-0.25, -0.2) is 4.79 Å². The van der Waals surface area contributed by atoms with Crippen LogP contribution in [0.4, 0.5) is 0 Å². The number of nitriles is 1. The average Bonchev–Trinajstić information content (AvgIpc) is 3.67. The number of ether oxygens (including phenoxy) is 7. The first-order chi connectivity index (χ1) is 27.0. The molecule has 1 spiro atoms. The van der Waals surface area contributed by atoms with Crippen molar-refractivity contribution in [3.8, 4) is 46.3 Å². The third-order valence-electron chi connectivity index (χ3n) is 12.6. The maximum absolute atomic E-state index is 14.8. The Morgan fingerprint density at radius 1 is 1.02 bits per heavy atom. The van der Waals surface area contributed by atoms with Crippen LogP contribution in [0.3, 0.4) is 0 Å². The van der Waals surface area contributed by atoms with Crippen molar-refractivity contribution in [2.45, 2.75) is 74.6 Å². The molecule has 2 saturated heterocycles. The second-order valence-corrected chi connectivity index (χ2v) is 16.4. The van der Waals surface area contributed by atoms with E-state index in [1.165, 1.54) is 25.8 Å². The van der Waals surface area contributed by atoms with Crippen LogP contribution in [0.15, 0.2) is 18.2 Å². The van der Waals surface area contributed by atoms with Crippen LogP contribution in [0.2, 0.25) is 0 Å². The topological polar surface area (TPSA) is 161 Å². The molecule has 0 radical (unpaired) electrons. The first-order valence-corrected chi connectivity index (χ1v) is 19.8. The molecular weight excluding hydrogens is 741 g/mol. The normalized spacial score (nSPS) is 28.6. The van der Waals surface area contributed by atoms with Gasteiger partial charge in [-0.1, -0.05) is 6.07 Å². The number of nitrogens with zero attached hydrogens (tertiary/aromatic N) is 3. The third kappa shape index (κ3) is 4.98. The summed E-state index contributed by atoms with van der Waals surface area (Å²) in [7, 11) is 6.82. The molecule has 4 bridgehead atoms. The molecule has 1 unspecified atom stereocenters. The molecular formula is C41H44N4O10S. The second kappa shape index (κ2) is 13.4. The van der Waals surface area contributed by atoms with Crippen LogP contribution in [0, 0.1) is 25.2 Å². The van der Waals surface area contributed by atoms with Crippen molar-refractivity contribution < 1.29 is 47.9 Å². The number of carbonyl (C=O) groups excluding carboxylic acids is 2. The summed E-state index contributed by atoms with van der Waals surface area (Å²) in [6, 6.07) is 5.81. The highest BCUT2D eigenvalue weighted by Crippen LogP contribution is 2.64. The number of nitrogens with one attached hydrogen (secondary N) is 1. The quantitative estimate of drug-likeness (QED) is 0.285. The van der Waals surface area contributed by atoms with Crippen molar-refractivity contribution in [2.75, 3.05) is 54.1 Å². The molecule has 15 heteroatoms. The van der Waals surface area contributed by atoms with E-state index < -0.39 is 40.9 Å². The smallest absolute Gasteiger partial charge is 0.331 e. The molecule has 7 aliphatic rings. The Morgan fingerprint density at radius 2 is 1.79 bits per heavy atom. The summed E-state index contributed by atoms with van der Waals surface area (Å²) in [6.07, 6.45) is 1.15. The Labute approximate surface area is 328 Å². The molecule has 7 heterocycles. The molecule has 0 saturated carbocycles. The van der Waals surface area contributed by atoms with E-state index in [1.807, 2.05) is 13.8 Å². The number of phenols is 1. The zero-order valence-corrected chi connectivity index (χ0v) is 33.1. The number of esters is 2.